The summed E-state index contributed by atoms with van der Waals surface area (Å²) in [6, 6.07) is 0. The Labute approximate surface area is 85.6 Å². The Hall–Kier alpha value is 0.230. The van der Waals surface area contributed by atoms with Crippen molar-refractivity contribution in [2.45, 2.75) is 20.1 Å². The van der Waals surface area contributed by atoms with Crippen molar-refractivity contribution >= 4 is 11.8 Å². The molecule has 0 amide bonds. The topological polar surface area (TPSA) is 30.5 Å². The SMILES string of the molecule is CCOC(CNCCSC)OCC. The second kappa shape index (κ2) is 10.3. The van der Waals surface area contributed by atoms with Crippen LogP contribution in [0.4, 0.5) is 0 Å². The lowest BCUT2D eigenvalue weighted by Crippen LogP contribution is -2.32. The normalized spacial score (nSPS) is 11.1. The van der Waals surface area contributed by atoms with Gasteiger partial charge >= 0.3 is 0 Å². The van der Waals surface area contributed by atoms with Crippen molar-refractivity contribution in [3.05, 3.63) is 0 Å². The van der Waals surface area contributed by atoms with E-state index >= 15 is 0 Å². The maximum absolute atomic E-state index is 5.37. The molecular weight excluding hydrogens is 186 g/mol. The number of hydrogen-bond donors (Lipinski definition) is 1. The van der Waals surface area contributed by atoms with Crippen LogP contribution >= 0.6 is 11.8 Å². The molecule has 0 fully saturated rings. The van der Waals surface area contributed by atoms with Crippen molar-refractivity contribution in [2.75, 3.05) is 38.3 Å². The second-order valence-corrected chi connectivity index (χ2v) is 3.52. The van der Waals surface area contributed by atoms with Gasteiger partial charge in [0.2, 0.25) is 0 Å². The van der Waals surface area contributed by atoms with Crippen LogP contribution in [-0.4, -0.2) is 44.6 Å². The Morgan fingerprint density at radius 1 is 1.23 bits per heavy atom. The summed E-state index contributed by atoms with van der Waals surface area (Å²) in [6.45, 7) is 7.16. The van der Waals surface area contributed by atoms with E-state index in [4.69, 9.17) is 9.47 Å². The maximum atomic E-state index is 5.37. The lowest BCUT2D eigenvalue weighted by molar-refractivity contribution is -0.132. The molecule has 0 spiro atoms. The molecule has 0 aliphatic carbocycles. The molecule has 0 aliphatic heterocycles. The minimum atomic E-state index is -0.0862. The standard InChI is InChI=1S/C9H21NO2S/c1-4-11-9(12-5-2)8-10-6-7-13-3/h9-10H,4-8H2,1-3H3. The van der Waals surface area contributed by atoms with Crippen molar-refractivity contribution in [3.8, 4) is 0 Å². The molecule has 0 saturated heterocycles. The van der Waals surface area contributed by atoms with Gasteiger partial charge in [0, 0.05) is 32.1 Å². The van der Waals surface area contributed by atoms with Gasteiger partial charge in [0.25, 0.3) is 0 Å². The highest BCUT2D eigenvalue weighted by molar-refractivity contribution is 7.98. The first-order chi connectivity index (χ1) is 6.35. The van der Waals surface area contributed by atoms with E-state index in [2.05, 4.69) is 11.6 Å². The molecule has 0 rings (SSSR count). The van der Waals surface area contributed by atoms with Gasteiger partial charge in [-0.05, 0) is 20.1 Å². The van der Waals surface area contributed by atoms with E-state index in [0.29, 0.717) is 13.2 Å². The fourth-order valence-electron chi connectivity index (χ4n) is 0.932. The fraction of sp³-hybridized carbons (Fsp3) is 1.00. The van der Waals surface area contributed by atoms with E-state index in [1.165, 1.54) is 0 Å². The van der Waals surface area contributed by atoms with Gasteiger partial charge in [-0.3, -0.25) is 0 Å². The second-order valence-electron chi connectivity index (χ2n) is 2.54. The molecular formula is C9H21NO2S. The molecule has 0 saturated carbocycles. The summed E-state index contributed by atoms with van der Waals surface area (Å²) in [6.07, 6.45) is 2.02. The smallest absolute Gasteiger partial charge is 0.169 e. The van der Waals surface area contributed by atoms with Crippen LogP contribution in [-0.2, 0) is 9.47 Å². The van der Waals surface area contributed by atoms with Gasteiger partial charge in [-0.1, -0.05) is 0 Å². The van der Waals surface area contributed by atoms with Gasteiger partial charge < -0.3 is 14.8 Å². The molecule has 80 valence electrons. The van der Waals surface area contributed by atoms with Crippen molar-refractivity contribution in [3.63, 3.8) is 0 Å². The van der Waals surface area contributed by atoms with E-state index in [1.807, 2.05) is 25.6 Å². The first-order valence-corrected chi connectivity index (χ1v) is 6.17. The zero-order valence-electron chi connectivity index (χ0n) is 8.84. The van der Waals surface area contributed by atoms with Crippen LogP contribution in [0.2, 0.25) is 0 Å². The largest absolute Gasteiger partial charge is 0.352 e. The molecule has 0 bridgehead atoms. The zero-order valence-corrected chi connectivity index (χ0v) is 9.65. The molecule has 0 aromatic rings. The summed E-state index contributed by atoms with van der Waals surface area (Å²) < 4.78 is 10.7. The van der Waals surface area contributed by atoms with Gasteiger partial charge in [-0.15, -0.1) is 0 Å². The summed E-state index contributed by atoms with van der Waals surface area (Å²) in [7, 11) is 0. The first-order valence-electron chi connectivity index (χ1n) is 4.78. The molecule has 0 unspecified atom stereocenters. The number of nitrogens with one attached hydrogen (secondary N) is 1. The van der Waals surface area contributed by atoms with E-state index in [9.17, 15) is 0 Å². The van der Waals surface area contributed by atoms with Crippen LogP contribution in [0.25, 0.3) is 0 Å². The van der Waals surface area contributed by atoms with Gasteiger partial charge in [0.1, 0.15) is 0 Å². The number of hydrogen-bond acceptors (Lipinski definition) is 4. The summed E-state index contributed by atoms with van der Waals surface area (Å²) in [5.41, 5.74) is 0. The van der Waals surface area contributed by atoms with Crippen LogP contribution in [0.3, 0.4) is 0 Å². The average Bonchev–Trinajstić information content (AvgIpc) is 2.13. The summed E-state index contributed by atoms with van der Waals surface area (Å²) in [5.74, 6) is 1.13. The van der Waals surface area contributed by atoms with Crippen molar-refractivity contribution < 1.29 is 9.47 Å². The lowest BCUT2D eigenvalue weighted by atomic mass is 10.5. The Balaban J connectivity index is 3.33. The molecule has 0 aromatic heterocycles. The number of thioether (sulfide) groups is 1. The highest BCUT2D eigenvalue weighted by Gasteiger charge is 2.05. The predicted molar refractivity (Wildman–Crippen MR) is 58.3 cm³/mol. The van der Waals surface area contributed by atoms with E-state index < -0.39 is 0 Å². The summed E-state index contributed by atoms with van der Waals surface area (Å²) in [5, 5.41) is 3.29. The Kier molecular flexibility index (Phi) is 10.5. The molecule has 4 heteroatoms. The monoisotopic (exact) mass is 207 g/mol. The van der Waals surface area contributed by atoms with Crippen LogP contribution < -0.4 is 5.32 Å². The third kappa shape index (κ3) is 8.56. The Morgan fingerprint density at radius 2 is 1.85 bits per heavy atom. The minimum absolute atomic E-state index is 0.0862. The van der Waals surface area contributed by atoms with E-state index in [-0.39, 0.29) is 6.29 Å². The minimum Gasteiger partial charge on any atom is -0.352 e. The van der Waals surface area contributed by atoms with Crippen LogP contribution in [0.15, 0.2) is 0 Å². The number of ether oxygens (including phenoxy) is 2. The zero-order chi connectivity index (χ0) is 9.94. The maximum Gasteiger partial charge on any atom is 0.169 e. The highest BCUT2D eigenvalue weighted by Crippen LogP contribution is 1.93. The molecule has 0 radical (unpaired) electrons. The first kappa shape index (κ1) is 13.2. The quantitative estimate of drug-likeness (QED) is 0.456. The third-order valence-corrected chi connectivity index (χ3v) is 2.11. The number of rotatable bonds is 9. The van der Waals surface area contributed by atoms with Gasteiger partial charge in [0.15, 0.2) is 6.29 Å². The van der Waals surface area contributed by atoms with Crippen molar-refractivity contribution in [1.82, 2.24) is 5.32 Å². The molecule has 3 nitrogen and oxygen atoms in total. The lowest BCUT2D eigenvalue weighted by Gasteiger charge is -2.17. The van der Waals surface area contributed by atoms with Crippen LogP contribution in [0.1, 0.15) is 13.8 Å². The molecule has 0 aromatic carbocycles. The van der Waals surface area contributed by atoms with Crippen LogP contribution in [0.5, 0.6) is 0 Å². The summed E-state index contributed by atoms with van der Waals surface area (Å²) >= 11 is 1.84. The molecule has 0 aliphatic rings. The van der Waals surface area contributed by atoms with Gasteiger partial charge in [0.05, 0.1) is 0 Å². The molecule has 13 heavy (non-hydrogen) atoms. The van der Waals surface area contributed by atoms with E-state index in [0.717, 1.165) is 18.8 Å². The Bertz CT molecular complexity index is 97.6. The molecule has 0 heterocycles. The highest BCUT2D eigenvalue weighted by atomic mass is 32.2. The van der Waals surface area contributed by atoms with Crippen molar-refractivity contribution in [1.29, 1.82) is 0 Å². The van der Waals surface area contributed by atoms with Crippen molar-refractivity contribution in [2.24, 2.45) is 0 Å². The molecule has 1 N–H and O–H groups in total. The predicted octanol–water partition coefficient (Wildman–Crippen LogP) is 1.34. The molecule has 0 atom stereocenters. The Morgan fingerprint density at radius 3 is 2.31 bits per heavy atom. The van der Waals surface area contributed by atoms with Gasteiger partial charge in [-0.2, -0.15) is 11.8 Å². The fourth-order valence-corrected chi connectivity index (χ4v) is 1.28. The average molecular weight is 207 g/mol. The summed E-state index contributed by atoms with van der Waals surface area (Å²) in [4.78, 5) is 0. The van der Waals surface area contributed by atoms with Crippen LogP contribution in [0, 0.1) is 0 Å². The van der Waals surface area contributed by atoms with Gasteiger partial charge in [-0.25, -0.2) is 0 Å². The van der Waals surface area contributed by atoms with E-state index in [1.54, 1.807) is 0 Å². The third-order valence-electron chi connectivity index (χ3n) is 1.50.